The van der Waals surface area contributed by atoms with E-state index in [0.29, 0.717) is 39.6 Å². The van der Waals surface area contributed by atoms with Gasteiger partial charge in [-0.15, -0.1) is 0 Å². The third-order valence-corrected chi connectivity index (χ3v) is 7.48. The number of carbonyl (C=O) groups excluding carboxylic acids is 1. The number of nitrogens with one attached hydrogen (secondary N) is 1. The molecule has 0 aliphatic carbocycles. The lowest BCUT2D eigenvalue weighted by atomic mass is 10.2. The Morgan fingerprint density at radius 1 is 0.973 bits per heavy atom. The molecule has 0 atom stereocenters. The molecule has 5 rings (SSSR count). The van der Waals surface area contributed by atoms with Gasteiger partial charge in [0.1, 0.15) is 18.0 Å². The molecule has 3 aromatic carbocycles. The number of ether oxygens (including phenoxy) is 4. The van der Waals surface area contributed by atoms with Crippen LogP contribution in [0.2, 0.25) is 0 Å². The van der Waals surface area contributed by atoms with Gasteiger partial charge >= 0.3 is 0 Å². The molecule has 0 spiro atoms. The molecule has 37 heavy (non-hydrogen) atoms. The van der Waals surface area contributed by atoms with E-state index in [4.69, 9.17) is 18.9 Å². The van der Waals surface area contributed by atoms with Crippen LogP contribution >= 0.6 is 0 Å². The minimum absolute atomic E-state index is 0.165. The van der Waals surface area contributed by atoms with E-state index in [1.807, 2.05) is 6.07 Å². The third-order valence-electron chi connectivity index (χ3n) is 5.89. The molecule has 0 bridgehead atoms. The molecule has 4 aromatic rings. The highest BCUT2D eigenvalue weighted by molar-refractivity contribution is 7.90. The van der Waals surface area contributed by atoms with Crippen LogP contribution in [0.1, 0.15) is 11.1 Å². The number of fused-ring (bicyclic) bond motifs is 2. The maximum atomic E-state index is 13.5. The molecule has 0 radical (unpaired) electrons. The van der Waals surface area contributed by atoms with Gasteiger partial charge in [-0.05, 0) is 47.5 Å². The van der Waals surface area contributed by atoms with E-state index in [0.717, 1.165) is 5.56 Å². The van der Waals surface area contributed by atoms with Crippen molar-refractivity contribution >= 4 is 26.8 Å². The predicted octanol–water partition coefficient (Wildman–Crippen LogP) is 3.07. The fraction of sp³-hybridized carbons (Fsp3) is 0.231. The summed E-state index contributed by atoms with van der Waals surface area (Å²) >= 11 is 0. The molecule has 0 saturated carbocycles. The Labute approximate surface area is 213 Å². The molecule has 0 fully saturated rings. The number of sulfone groups is 1. The Kier molecular flexibility index (Phi) is 6.62. The van der Waals surface area contributed by atoms with Crippen LogP contribution in [0.5, 0.6) is 23.0 Å². The number of para-hydroxylation sites is 2. The topological polar surface area (TPSA) is 118 Å². The summed E-state index contributed by atoms with van der Waals surface area (Å²) < 4.78 is 49.7. The summed E-state index contributed by atoms with van der Waals surface area (Å²) in [6.45, 7) is 0.188. The molecule has 11 heteroatoms. The van der Waals surface area contributed by atoms with Crippen molar-refractivity contribution in [1.82, 2.24) is 14.9 Å². The molecule has 2 heterocycles. The molecule has 1 aliphatic rings. The van der Waals surface area contributed by atoms with E-state index in [-0.39, 0.29) is 36.7 Å². The van der Waals surface area contributed by atoms with Gasteiger partial charge in [0.05, 0.1) is 31.0 Å². The lowest BCUT2D eigenvalue weighted by molar-refractivity contribution is -0.121. The van der Waals surface area contributed by atoms with Gasteiger partial charge in [0, 0.05) is 12.6 Å². The second kappa shape index (κ2) is 10.0. The van der Waals surface area contributed by atoms with Crippen molar-refractivity contribution in [2.45, 2.75) is 24.0 Å². The second-order valence-electron chi connectivity index (χ2n) is 8.41. The molecule has 0 saturated heterocycles. The smallest absolute Gasteiger partial charge is 0.240 e. The summed E-state index contributed by atoms with van der Waals surface area (Å²) in [5, 5.41) is 2.65. The lowest BCUT2D eigenvalue weighted by Gasteiger charge is -2.12. The number of aromatic nitrogens is 2. The summed E-state index contributed by atoms with van der Waals surface area (Å²) in [6.07, 6.45) is 0. The number of methoxy groups -OCH3 is 2. The molecule has 192 valence electrons. The van der Waals surface area contributed by atoms with Crippen molar-refractivity contribution < 1.29 is 32.2 Å². The van der Waals surface area contributed by atoms with Crippen molar-refractivity contribution in [3.05, 3.63) is 71.8 Å². The van der Waals surface area contributed by atoms with Crippen LogP contribution < -0.4 is 24.3 Å². The van der Waals surface area contributed by atoms with Gasteiger partial charge in [-0.3, -0.25) is 4.79 Å². The molecule has 1 amide bonds. The Bertz CT molecular complexity index is 1560. The van der Waals surface area contributed by atoms with Gasteiger partial charge in [0.15, 0.2) is 11.5 Å². The molecular weight excluding hydrogens is 498 g/mol. The van der Waals surface area contributed by atoms with Crippen molar-refractivity contribution in [2.75, 3.05) is 21.0 Å². The summed E-state index contributed by atoms with van der Waals surface area (Å²) in [6, 6.07) is 17.3. The highest BCUT2D eigenvalue weighted by Crippen LogP contribution is 2.32. The monoisotopic (exact) mass is 523 g/mol. The maximum Gasteiger partial charge on any atom is 0.240 e. The Hall–Kier alpha value is -4.25. The standard InChI is InChI=1S/C26H25N3O7S/c1-33-19-9-18(10-20(12-19)34-2)15-37(31,32)26-28-21-5-3-4-6-22(21)29(26)14-25(30)27-13-17-7-8-23-24(11-17)36-16-35-23/h3-12H,13-16H2,1-2H3,(H,27,30). The molecular formula is C26H25N3O7S. The minimum Gasteiger partial charge on any atom is -0.497 e. The van der Waals surface area contributed by atoms with Crippen molar-refractivity contribution in [3.8, 4) is 23.0 Å². The average Bonchev–Trinajstić information content (AvgIpc) is 3.52. The van der Waals surface area contributed by atoms with E-state index in [2.05, 4.69) is 10.3 Å². The average molecular weight is 524 g/mol. The van der Waals surface area contributed by atoms with Crippen LogP contribution in [-0.2, 0) is 33.5 Å². The number of nitrogens with zero attached hydrogens (tertiary/aromatic N) is 2. The van der Waals surface area contributed by atoms with Crippen LogP contribution in [-0.4, -0.2) is 44.9 Å². The first kappa shape index (κ1) is 24.4. The maximum absolute atomic E-state index is 13.5. The number of amides is 1. The van der Waals surface area contributed by atoms with Gasteiger partial charge < -0.3 is 28.8 Å². The first-order valence-electron chi connectivity index (χ1n) is 11.4. The van der Waals surface area contributed by atoms with Crippen LogP contribution in [0.4, 0.5) is 0 Å². The fourth-order valence-electron chi connectivity index (χ4n) is 4.13. The SMILES string of the molecule is COc1cc(CS(=O)(=O)c2nc3ccccc3n2CC(=O)NCc2ccc3c(c2)OCO3)cc(OC)c1. The van der Waals surface area contributed by atoms with Crippen LogP contribution in [0, 0.1) is 0 Å². The van der Waals surface area contributed by atoms with Crippen molar-refractivity contribution in [3.63, 3.8) is 0 Å². The molecule has 10 nitrogen and oxygen atoms in total. The van der Waals surface area contributed by atoms with Crippen LogP contribution in [0.3, 0.4) is 0 Å². The number of imidazole rings is 1. The highest BCUT2D eigenvalue weighted by Gasteiger charge is 2.26. The normalized spacial score (nSPS) is 12.5. The van der Waals surface area contributed by atoms with Gasteiger partial charge in [-0.25, -0.2) is 13.4 Å². The first-order chi connectivity index (χ1) is 17.9. The summed E-state index contributed by atoms with van der Waals surface area (Å²) in [5.41, 5.74) is 2.32. The number of hydrogen-bond donors (Lipinski definition) is 1. The number of hydrogen-bond acceptors (Lipinski definition) is 8. The zero-order valence-electron chi connectivity index (χ0n) is 20.3. The van der Waals surface area contributed by atoms with Gasteiger partial charge in [0.25, 0.3) is 0 Å². The Morgan fingerprint density at radius 2 is 1.70 bits per heavy atom. The molecule has 1 aliphatic heterocycles. The van der Waals surface area contributed by atoms with Crippen LogP contribution in [0.15, 0.2) is 65.8 Å². The minimum atomic E-state index is -3.95. The van der Waals surface area contributed by atoms with E-state index in [1.165, 1.54) is 18.8 Å². The summed E-state index contributed by atoms with van der Waals surface area (Å²) in [7, 11) is -0.956. The Balaban J connectivity index is 1.40. The number of benzene rings is 3. The predicted molar refractivity (Wildman–Crippen MR) is 135 cm³/mol. The van der Waals surface area contributed by atoms with Crippen molar-refractivity contribution in [1.29, 1.82) is 0 Å². The largest absolute Gasteiger partial charge is 0.497 e. The van der Waals surface area contributed by atoms with Crippen molar-refractivity contribution in [2.24, 2.45) is 0 Å². The molecule has 0 unspecified atom stereocenters. The first-order valence-corrected chi connectivity index (χ1v) is 13.1. The fourth-order valence-corrected chi connectivity index (χ4v) is 5.60. The number of rotatable bonds is 9. The van der Waals surface area contributed by atoms with E-state index < -0.39 is 9.84 Å². The molecule has 1 N–H and O–H groups in total. The van der Waals surface area contributed by atoms with E-state index in [9.17, 15) is 13.2 Å². The van der Waals surface area contributed by atoms with Crippen LogP contribution in [0.25, 0.3) is 11.0 Å². The van der Waals surface area contributed by atoms with Gasteiger partial charge in [-0.2, -0.15) is 0 Å². The second-order valence-corrected chi connectivity index (χ2v) is 10.3. The Morgan fingerprint density at radius 3 is 2.46 bits per heavy atom. The lowest BCUT2D eigenvalue weighted by Crippen LogP contribution is -2.28. The summed E-state index contributed by atoms with van der Waals surface area (Å²) in [5.74, 6) is 1.52. The van der Waals surface area contributed by atoms with Gasteiger partial charge in [0.2, 0.25) is 27.7 Å². The van der Waals surface area contributed by atoms with Gasteiger partial charge in [-0.1, -0.05) is 18.2 Å². The van der Waals surface area contributed by atoms with E-state index >= 15 is 0 Å². The third kappa shape index (κ3) is 5.17. The summed E-state index contributed by atoms with van der Waals surface area (Å²) in [4.78, 5) is 17.3. The zero-order valence-corrected chi connectivity index (χ0v) is 21.1. The van der Waals surface area contributed by atoms with E-state index in [1.54, 1.807) is 54.6 Å². The molecule has 1 aromatic heterocycles. The highest BCUT2D eigenvalue weighted by atomic mass is 32.2. The zero-order chi connectivity index (χ0) is 26.0. The number of carbonyl (C=O) groups is 1. The quantitative estimate of drug-likeness (QED) is 0.356.